The summed E-state index contributed by atoms with van der Waals surface area (Å²) in [6, 6.07) is 0.148. The highest BCUT2D eigenvalue weighted by atomic mass is 19.4. The van der Waals surface area contributed by atoms with Gasteiger partial charge in [-0.25, -0.2) is 0 Å². The second-order valence-electron chi connectivity index (χ2n) is 4.01. The van der Waals surface area contributed by atoms with Crippen LogP contribution >= 0.6 is 0 Å². The summed E-state index contributed by atoms with van der Waals surface area (Å²) < 4.78 is 35.4. The van der Waals surface area contributed by atoms with E-state index < -0.39 is 18.6 Å². The molecule has 0 aromatic carbocycles. The Hall–Kier alpha value is -0.820. The summed E-state index contributed by atoms with van der Waals surface area (Å²) in [7, 11) is 0. The predicted molar refractivity (Wildman–Crippen MR) is 52.7 cm³/mol. The Bertz CT molecular complexity index is 237. The number of alkyl halides is 3. The van der Waals surface area contributed by atoms with Crippen LogP contribution in [0, 0.1) is 0 Å². The first-order valence-electron chi connectivity index (χ1n) is 5.18. The van der Waals surface area contributed by atoms with Gasteiger partial charge >= 0.3 is 6.18 Å². The van der Waals surface area contributed by atoms with Crippen molar-refractivity contribution in [3.8, 4) is 0 Å². The maximum Gasteiger partial charge on any atom is 0.405 e. The molecule has 7 heteroatoms. The van der Waals surface area contributed by atoms with Gasteiger partial charge in [-0.3, -0.25) is 9.69 Å². The van der Waals surface area contributed by atoms with Crippen molar-refractivity contribution in [1.29, 1.82) is 0 Å². The topological polar surface area (TPSA) is 58.4 Å². The molecule has 3 N–H and O–H groups in total. The normalized spacial score (nSPS) is 19.8. The van der Waals surface area contributed by atoms with Gasteiger partial charge in [-0.2, -0.15) is 13.2 Å². The number of amides is 1. The first-order valence-corrected chi connectivity index (χ1v) is 5.18. The number of nitrogens with two attached hydrogens (primary N) is 1. The Morgan fingerprint density at radius 2 is 1.94 bits per heavy atom. The minimum Gasteiger partial charge on any atom is -0.346 e. The second kappa shape index (κ2) is 5.49. The van der Waals surface area contributed by atoms with Crippen LogP contribution in [-0.4, -0.2) is 49.2 Å². The lowest BCUT2D eigenvalue weighted by molar-refractivity contribution is -0.139. The zero-order valence-corrected chi connectivity index (χ0v) is 8.89. The fraction of sp³-hybridized carbons (Fsp3) is 0.889. The van der Waals surface area contributed by atoms with E-state index in [1.165, 1.54) is 0 Å². The highest BCUT2D eigenvalue weighted by Gasteiger charge is 2.28. The summed E-state index contributed by atoms with van der Waals surface area (Å²) in [5.74, 6) is -0.590. The van der Waals surface area contributed by atoms with Crippen molar-refractivity contribution in [2.45, 2.75) is 25.1 Å². The van der Waals surface area contributed by atoms with E-state index in [4.69, 9.17) is 5.73 Å². The summed E-state index contributed by atoms with van der Waals surface area (Å²) in [4.78, 5) is 13.0. The number of hydrogen-bond donors (Lipinski definition) is 2. The summed E-state index contributed by atoms with van der Waals surface area (Å²) in [6.45, 7) is 0.0865. The monoisotopic (exact) mass is 239 g/mol. The largest absolute Gasteiger partial charge is 0.405 e. The van der Waals surface area contributed by atoms with E-state index in [1.54, 1.807) is 0 Å². The lowest BCUT2D eigenvalue weighted by Gasteiger charge is -2.29. The Labute approximate surface area is 92.0 Å². The zero-order valence-electron chi connectivity index (χ0n) is 8.89. The number of nitrogens with zero attached hydrogens (tertiary/aromatic N) is 1. The van der Waals surface area contributed by atoms with E-state index in [0.29, 0.717) is 13.1 Å². The first-order chi connectivity index (χ1) is 7.37. The molecule has 0 atom stereocenters. The van der Waals surface area contributed by atoms with E-state index in [9.17, 15) is 18.0 Å². The first kappa shape index (κ1) is 13.2. The molecule has 0 unspecified atom stereocenters. The molecule has 1 heterocycles. The summed E-state index contributed by atoms with van der Waals surface area (Å²) >= 11 is 0. The van der Waals surface area contributed by atoms with Gasteiger partial charge in [0.15, 0.2) is 0 Å². The maximum atomic E-state index is 11.8. The molecule has 0 radical (unpaired) electrons. The van der Waals surface area contributed by atoms with Crippen LogP contribution in [-0.2, 0) is 4.79 Å². The van der Waals surface area contributed by atoms with E-state index >= 15 is 0 Å². The number of nitrogens with one attached hydrogen (secondary N) is 1. The van der Waals surface area contributed by atoms with Crippen LogP contribution in [0.5, 0.6) is 0 Å². The predicted octanol–water partition coefficient (Wildman–Crippen LogP) is 0.0880. The van der Waals surface area contributed by atoms with Gasteiger partial charge in [-0.05, 0) is 12.8 Å². The van der Waals surface area contributed by atoms with Crippen molar-refractivity contribution in [1.82, 2.24) is 10.2 Å². The molecule has 0 bridgehead atoms. The van der Waals surface area contributed by atoms with Crippen LogP contribution in [0.4, 0.5) is 13.2 Å². The molecule has 16 heavy (non-hydrogen) atoms. The Kier molecular flexibility index (Phi) is 4.55. The molecule has 94 valence electrons. The molecule has 1 saturated heterocycles. The Balaban J connectivity index is 2.19. The third-order valence-corrected chi connectivity index (χ3v) is 2.49. The van der Waals surface area contributed by atoms with Gasteiger partial charge in [0.1, 0.15) is 6.54 Å². The molecule has 0 aromatic heterocycles. The molecule has 0 aliphatic carbocycles. The molecule has 4 nitrogen and oxygen atoms in total. The third kappa shape index (κ3) is 5.32. The third-order valence-electron chi connectivity index (χ3n) is 2.49. The molecule has 1 fully saturated rings. The van der Waals surface area contributed by atoms with E-state index in [1.807, 2.05) is 10.2 Å². The van der Waals surface area contributed by atoms with E-state index in [2.05, 4.69) is 0 Å². The molecule has 1 amide bonds. The van der Waals surface area contributed by atoms with Gasteiger partial charge < -0.3 is 11.1 Å². The van der Waals surface area contributed by atoms with Crippen molar-refractivity contribution in [2.24, 2.45) is 5.73 Å². The fourth-order valence-electron chi connectivity index (χ4n) is 1.57. The van der Waals surface area contributed by atoms with Gasteiger partial charge in [-0.15, -0.1) is 0 Å². The highest BCUT2D eigenvalue weighted by molar-refractivity contribution is 5.78. The van der Waals surface area contributed by atoms with Crippen LogP contribution in [0.25, 0.3) is 0 Å². The molecule has 1 rings (SSSR count). The number of halogens is 3. The number of carbonyl (C=O) groups excluding carboxylic acids is 1. The van der Waals surface area contributed by atoms with Gasteiger partial charge in [0.2, 0.25) is 5.91 Å². The SMILES string of the molecule is NC1CCN(CC(=O)NCC(F)(F)F)CC1. The minimum atomic E-state index is -4.35. The summed E-state index contributed by atoms with van der Waals surface area (Å²) in [5.41, 5.74) is 5.67. The smallest absolute Gasteiger partial charge is 0.346 e. The molecule has 0 spiro atoms. The van der Waals surface area contributed by atoms with Crippen LogP contribution in [0.1, 0.15) is 12.8 Å². The number of hydrogen-bond acceptors (Lipinski definition) is 3. The standard InChI is InChI=1S/C9H16F3N3O/c10-9(11,12)6-14-8(16)5-15-3-1-7(13)2-4-15/h7H,1-6,13H2,(H,14,16). The average molecular weight is 239 g/mol. The number of rotatable bonds is 3. The Morgan fingerprint density at radius 1 is 1.38 bits per heavy atom. The molecular formula is C9H16F3N3O. The lowest BCUT2D eigenvalue weighted by atomic mass is 10.1. The average Bonchev–Trinajstić information content (AvgIpc) is 2.18. The van der Waals surface area contributed by atoms with Crippen molar-refractivity contribution in [3.63, 3.8) is 0 Å². The summed E-state index contributed by atoms with van der Waals surface area (Å²) in [5, 5.41) is 1.84. The molecule has 1 aliphatic rings. The summed E-state index contributed by atoms with van der Waals surface area (Å²) in [6.07, 6.45) is -2.78. The molecule has 0 saturated carbocycles. The fourth-order valence-corrected chi connectivity index (χ4v) is 1.57. The molecule has 0 aromatic rings. The quantitative estimate of drug-likeness (QED) is 0.733. The van der Waals surface area contributed by atoms with Crippen LogP contribution in [0.15, 0.2) is 0 Å². The number of piperidine rings is 1. The van der Waals surface area contributed by atoms with Gasteiger partial charge in [0.25, 0.3) is 0 Å². The highest BCUT2D eigenvalue weighted by Crippen LogP contribution is 2.12. The van der Waals surface area contributed by atoms with Crippen LogP contribution in [0.2, 0.25) is 0 Å². The Morgan fingerprint density at radius 3 is 2.44 bits per heavy atom. The van der Waals surface area contributed by atoms with Crippen molar-refractivity contribution in [2.75, 3.05) is 26.2 Å². The van der Waals surface area contributed by atoms with Gasteiger partial charge in [0, 0.05) is 19.1 Å². The van der Waals surface area contributed by atoms with E-state index in [0.717, 1.165) is 12.8 Å². The van der Waals surface area contributed by atoms with Gasteiger partial charge in [-0.1, -0.05) is 0 Å². The van der Waals surface area contributed by atoms with Gasteiger partial charge in [0.05, 0.1) is 6.54 Å². The number of likely N-dealkylation sites (tertiary alicyclic amines) is 1. The maximum absolute atomic E-state index is 11.8. The van der Waals surface area contributed by atoms with Crippen molar-refractivity contribution in [3.05, 3.63) is 0 Å². The molecular weight excluding hydrogens is 223 g/mol. The van der Waals surface area contributed by atoms with E-state index in [-0.39, 0.29) is 12.6 Å². The zero-order chi connectivity index (χ0) is 12.2. The lowest BCUT2D eigenvalue weighted by Crippen LogP contribution is -2.45. The van der Waals surface area contributed by atoms with Crippen molar-refractivity contribution >= 4 is 5.91 Å². The van der Waals surface area contributed by atoms with Crippen molar-refractivity contribution < 1.29 is 18.0 Å². The second-order valence-corrected chi connectivity index (χ2v) is 4.01. The van der Waals surface area contributed by atoms with Crippen LogP contribution < -0.4 is 11.1 Å². The number of carbonyl (C=O) groups is 1. The van der Waals surface area contributed by atoms with Crippen LogP contribution in [0.3, 0.4) is 0 Å². The molecule has 1 aliphatic heterocycles. The minimum absolute atomic E-state index is 0.0167.